The molecule has 6 rings (SSSR count). The van der Waals surface area contributed by atoms with Crippen LogP contribution in [0.25, 0.3) is 0 Å². The molecular formula is C36H60Cl2SiZr. The van der Waals surface area contributed by atoms with Crippen LogP contribution in [0.15, 0.2) is 30.3 Å². The predicted octanol–water partition coefficient (Wildman–Crippen LogP) is 12.6. The first-order valence-corrected chi connectivity index (χ1v) is 25.9. The molecule has 0 N–H and O–H groups in total. The second kappa shape index (κ2) is 15.8. The van der Waals surface area contributed by atoms with Crippen molar-refractivity contribution in [1.82, 2.24) is 0 Å². The molecule has 1 aromatic carbocycles. The van der Waals surface area contributed by atoms with E-state index in [-0.39, 0.29) is 14.9 Å². The van der Waals surface area contributed by atoms with Crippen molar-refractivity contribution in [2.75, 3.05) is 0 Å². The zero-order chi connectivity index (χ0) is 26.9. The van der Waals surface area contributed by atoms with Gasteiger partial charge in [-0.3, -0.25) is 0 Å². The van der Waals surface area contributed by atoms with Crippen molar-refractivity contribution < 1.29 is 20.8 Å². The topological polar surface area (TPSA) is 0 Å². The van der Waals surface area contributed by atoms with Crippen molar-refractivity contribution >= 4 is 25.1 Å². The fourth-order valence-corrected chi connectivity index (χ4v) is 16.9. The molecule has 1 aromatic rings. The molecular weight excluding hydrogens is 623 g/mol. The van der Waals surface area contributed by atoms with Crippen LogP contribution in [0.3, 0.4) is 0 Å². The third kappa shape index (κ3) is 7.23. The average Bonchev–Trinajstić information content (AvgIpc) is 3.64. The summed E-state index contributed by atoms with van der Waals surface area (Å²) in [5.41, 5.74) is 3.84. The summed E-state index contributed by atoms with van der Waals surface area (Å²) in [6.45, 7) is 10.9. The average molecular weight is 683 g/mol. The number of hydrogen-bond donors (Lipinski definition) is 0. The van der Waals surface area contributed by atoms with Crippen molar-refractivity contribution in [3.63, 3.8) is 0 Å². The van der Waals surface area contributed by atoms with Gasteiger partial charge in [-0.15, -0.1) is 0 Å². The number of fused-ring (bicyclic) bond motifs is 3. The van der Waals surface area contributed by atoms with Gasteiger partial charge in [-0.2, -0.15) is 0 Å². The minimum absolute atomic E-state index is 0. The van der Waals surface area contributed by atoms with Gasteiger partial charge in [0, 0.05) is 0 Å². The Balaban J connectivity index is 0.000000846. The van der Waals surface area contributed by atoms with Crippen LogP contribution in [0.4, 0.5) is 0 Å². The molecule has 0 nitrogen and oxygen atoms in total. The summed E-state index contributed by atoms with van der Waals surface area (Å²) in [5.74, 6) is 9.34. The molecule has 11 atom stereocenters. The standard InChI is InChI=1S/C34H54Si.2CH3.2ClH.Zr/c1-5-24-21-33(30-17-10-9-16-29(24)30)35(3,4)34-22-28(18-23(2)25-12-7-6-8-13-25)31-19-26-14-11-15-27(26)20-32(31)34;;;;;/h6-8,12-13,23-24,26-34H,5,9-11,14-22H2,1-4H3;2*1H3;2*1H;/q;2*-1;;;+4/p-2. The first-order chi connectivity index (χ1) is 18.4. The van der Waals surface area contributed by atoms with Gasteiger partial charge in [-0.05, 0) is 108 Å². The predicted molar refractivity (Wildman–Crippen MR) is 178 cm³/mol. The molecule has 0 aliphatic heterocycles. The maximum absolute atomic E-state index is 4.93. The van der Waals surface area contributed by atoms with E-state index in [1.807, 2.05) is 0 Å². The molecule has 11 unspecified atom stereocenters. The van der Waals surface area contributed by atoms with Gasteiger partial charge in [0.2, 0.25) is 0 Å². The van der Waals surface area contributed by atoms with Crippen LogP contribution >= 0.6 is 17.0 Å². The Bertz CT molecular complexity index is 877. The molecule has 0 heterocycles. The maximum atomic E-state index is 4.93. The SMILES string of the molecule is CCC1CC([Si](C)(C)C2CC(CC(C)c3ccccc3)C3CC4CCCC4CC32)C2CCCCC12.[CH3-].[CH3-].[Cl][Zr+2][Cl]. The Labute approximate surface area is 269 Å². The molecule has 5 aliphatic rings. The Morgan fingerprint density at radius 2 is 1.30 bits per heavy atom. The van der Waals surface area contributed by atoms with E-state index in [1.165, 1.54) is 32.1 Å². The third-order valence-corrected chi connectivity index (χ3v) is 18.4. The summed E-state index contributed by atoms with van der Waals surface area (Å²) in [6, 6.07) is 11.5. The fourth-order valence-electron chi connectivity index (χ4n) is 11.5. The van der Waals surface area contributed by atoms with Crippen molar-refractivity contribution in [3.8, 4) is 0 Å². The van der Waals surface area contributed by atoms with Gasteiger partial charge in [-0.1, -0.05) is 102 Å². The summed E-state index contributed by atoms with van der Waals surface area (Å²) >= 11 is -0.826. The van der Waals surface area contributed by atoms with Gasteiger partial charge in [-0.25, -0.2) is 0 Å². The monoisotopic (exact) mass is 680 g/mol. The zero-order valence-corrected chi connectivity index (χ0v) is 31.7. The summed E-state index contributed by atoms with van der Waals surface area (Å²) < 4.78 is 0. The number of rotatable bonds is 6. The van der Waals surface area contributed by atoms with E-state index in [2.05, 4.69) is 57.3 Å². The Morgan fingerprint density at radius 1 is 0.750 bits per heavy atom. The van der Waals surface area contributed by atoms with E-state index in [0.717, 1.165) is 64.3 Å². The van der Waals surface area contributed by atoms with Crippen LogP contribution in [-0.4, -0.2) is 8.07 Å². The summed E-state index contributed by atoms with van der Waals surface area (Å²) in [5, 5.41) is 0. The Kier molecular flexibility index (Phi) is 13.9. The van der Waals surface area contributed by atoms with Crippen LogP contribution in [0, 0.1) is 62.2 Å². The summed E-state index contributed by atoms with van der Waals surface area (Å²) in [7, 11) is 8.54. The molecule has 0 spiro atoms. The van der Waals surface area contributed by atoms with Crippen LogP contribution in [-0.2, 0) is 20.8 Å². The molecule has 0 bridgehead atoms. The molecule has 0 aromatic heterocycles. The number of hydrogen-bond acceptors (Lipinski definition) is 0. The number of benzene rings is 1. The normalized spacial score (nSPS) is 38.8. The molecule has 5 fully saturated rings. The fraction of sp³-hybridized carbons (Fsp3) is 0.778. The summed E-state index contributed by atoms with van der Waals surface area (Å²) in [6.07, 6.45) is 20.3. The molecule has 5 aliphatic carbocycles. The number of halogens is 2. The van der Waals surface area contributed by atoms with Gasteiger partial charge >= 0.3 is 37.9 Å². The second-order valence-corrected chi connectivity index (χ2v) is 23.8. The van der Waals surface area contributed by atoms with Crippen molar-refractivity contribution in [1.29, 1.82) is 0 Å². The molecule has 0 amide bonds. The zero-order valence-electron chi connectivity index (χ0n) is 26.7. The third-order valence-electron chi connectivity index (χ3n) is 13.2. The second-order valence-electron chi connectivity index (χ2n) is 14.9. The van der Waals surface area contributed by atoms with Gasteiger partial charge < -0.3 is 14.9 Å². The quantitative estimate of drug-likeness (QED) is 0.207. The van der Waals surface area contributed by atoms with E-state index in [9.17, 15) is 0 Å². The first kappa shape index (κ1) is 35.4. The van der Waals surface area contributed by atoms with Crippen LogP contribution in [0.5, 0.6) is 0 Å². The molecule has 0 saturated heterocycles. The Hall–Kier alpha value is 0.900. The van der Waals surface area contributed by atoms with Gasteiger partial charge in [0.05, 0.1) is 8.07 Å². The molecule has 5 saturated carbocycles. The van der Waals surface area contributed by atoms with E-state index in [1.54, 1.807) is 56.9 Å². The van der Waals surface area contributed by atoms with E-state index in [4.69, 9.17) is 17.0 Å². The van der Waals surface area contributed by atoms with Crippen LogP contribution in [0.1, 0.15) is 109 Å². The summed E-state index contributed by atoms with van der Waals surface area (Å²) in [4.78, 5) is 0. The van der Waals surface area contributed by atoms with Gasteiger partial charge in [0.1, 0.15) is 0 Å². The molecule has 40 heavy (non-hydrogen) atoms. The molecule has 4 heteroatoms. The van der Waals surface area contributed by atoms with Crippen molar-refractivity contribution in [2.24, 2.45) is 47.3 Å². The molecule has 0 radical (unpaired) electrons. The minimum atomic E-state index is -1.33. The molecule has 226 valence electrons. The Morgan fingerprint density at radius 3 is 1.93 bits per heavy atom. The van der Waals surface area contributed by atoms with E-state index >= 15 is 0 Å². The van der Waals surface area contributed by atoms with E-state index < -0.39 is 28.9 Å². The first-order valence-electron chi connectivity index (χ1n) is 16.4. The van der Waals surface area contributed by atoms with Crippen molar-refractivity contribution in [3.05, 3.63) is 50.7 Å². The van der Waals surface area contributed by atoms with Gasteiger partial charge in [0.25, 0.3) is 0 Å². The van der Waals surface area contributed by atoms with Crippen molar-refractivity contribution in [2.45, 2.75) is 127 Å². The van der Waals surface area contributed by atoms with Gasteiger partial charge in [0.15, 0.2) is 0 Å². The van der Waals surface area contributed by atoms with Crippen LogP contribution < -0.4 is 0 Å². The van der Waals surface area contributed by atoms with Crippen LogP contribution in [0.2, 0.25) is 24.2 Å². The van der Waals surface area contributed by atoms with E-state index in [0.29, 0.717) is 0 Å².